The molecule has 2 atom stereocenters. The first-order valence-corrected chi connectivity index (χ1v) is 18.0. The molecule has 5 aromatic rings. The third-order valence-electron chi connectivity index (χ3n) is 9.95. The van der Waals surface area contributed by atoms with E-state index in [9.17, 15) is 13.2 Å². The van der Waals surface area contributed by atoms with Gasteiger partial charge in [-0.25, -0.2) is 23.1 Å². The summed E-state index contributed by atoms with van der Waals surface area (Å²) in [6.07, 6.45) is 4.81. The maximum atomic E-state index is 14.1. The first-order valence-electron chi connectivity index (χ1n) is 16.6. The second kappa shape index (κ2) is 13.3. The summed E-state index contributed by atoms with van der Waals surface area (Å²) >= 11 is 0. The zero-order chi connectivity index (χ0) is 35.1. The number of nitrogens with zero attached hydrogens (tertiary/aromatic N) is 7. The third kappa shape index (κ3) is 6.19. The van der Waals surface area contributed by atoms with Gasteiger partial charge in [-0.05, 0) is 87.1 Å². The molecule has 0 saturated heterocycles. The fourth-order valence-corrected chi connectivity index (χ4v) is 8.36. The van der Waals surface area contributed by atoms with Gasteiger partial charge < -0.3 is 9.64 Å². The van der Waals surface area contributed by atoms with Crippen molar-refractivity contribution in [3.8, 4) is 5.75 Å². The summed E-state index contributed by atoms with van der Waals surface area (Å²) in [7, 11) is -2.06. The summed E-state index contributed by atoms with van der Waals surface area (Å²) < 4.78 is 37.7. The predicted octanol–water partition coefficient (Wildman–Crippen LogP) is 5.90. The Bertz CT molecular complexity index is 2110. The van der Waals surface area contributed by atoms with Crippen LogP contribution in [0.1, 0.15) is 78.2 Å². The minimum Gasteiger partial charge on any atom is -0.488 e. The number of aromatic nitrogens is 5. The Morgan fingerprint density at radius 3 is 2.51 bits per heavy atom. The van der Waals surface area contributed by atoms with E-state index in [1.54, 1.807) is 36.2 Å². The molecular weight excluding hydrogens is 639 g/mol. The third-order valence-corrected chi connectivity index (χ3v) is 11.8. The summed E-state index contributed by atoms with van der Waals surface area (Å²) in [6.45, 7) is 13.3. The van der Waals surface area contributed by atoms with Crippen LogP contribution in [0.4, 0.5) is 0 Å². The Morgan fingerprint density at radius 1 is 1.06 bits per heavy atom. The Balaban J connectivity index is 1.48. The average Bonchev–Trinajstić information content (AvgIpc) is 3.49. The van der Waals surface area contributed by atoms with Gasteiger partial charge >= 0.3 is 0 Å². The second-order valence-corrected chi connectivity index (χ2v) is 15.1. The van der Waals surface area contributed by atoms with E-state index in [4.69, 9.17) is 4.74 Å². The van der Waals surface area contributed by atoms with Crippen LogP contribution >= 0.6 is 0 Å². The number of likely N-dealkylation sites (N-methyl/N-ethyl adjacent to an activating group) is 1. The Kier molecular flexibility index (Phi) is 9.29. The van der Waals surface area contributed by atoms with Crippen LogP contribution in [-0.2, 0) is 23.1 Å². The van der Waals surface area contributed by atoms with E-state index in [0.29, 0.717) is 24.3 Å². The molecule has 1 aliphatic heterocycles. The lowest BCUT2D eigenvalue weighted by Crippen LogP contribution is -2.49. The Hall–Kier alpha value is -4.68. The van der Waals surface area contributed by atoms with Crippen molar-refractivity contribution in [3.05, 3.63) is 107 Å². The van der Waals surface area contributed by atoms with E-state index in [2.05, 4.69) is 38.5 Å². The molecule has 3 heterocycles. The zero-order valence-electron chi connectivity index (χ0n) is 29.1. The molecule has 3 aromatic carbocycles. The molecule has 0 bridgehead atoms. The highest BCUT2D eigenvalue weighted by molar-refractivity contribution is 7.89. The standard InChI is InChI=1S/C37H43N7O4S/c1-8-29-22-43(49(46,47)33-13-11-10-12-32(33)48-29)21-27-18-26(15-14-24(27)3)34(30-16-17-31-35(25(30)4)40-41-44(31)9-2)37(5,6)42(7)36(45)28-19-38-23-39-20-28/h10-20,23,29,34H,8-9,21-22H2,1-7H3/t29-,34+/m1/s1. The molecule has 11 nitrogen and oxygen atoms in total. The number of carbonyl (C=O) groups is 1. The van der Waals surface area contributed by atoms with Crippen molar-refractivity contribution < 1.29 is 17.9 Å². The minimum atomic E-state index is -3.85. The molecule has 0 radical (unpaired) electrons. The molecule has 0 unspecified atom stereocenters. The van der Waals surface area contributed by atoms with E-state index in [-0.39, 0.29) is 35.9 Å². The van der Waals surface area contributed by atoms with Crippen molar-refractivity contribution in [2.45, 2.75) is 83.5 Å². The van der Waals surface area contributed by atoms with Crippen molar-refractivity contribution in [1.29, 1.82) is 0 Å². The van der Waals surface area contributed by atoms with Gasteiger partial charge in [-0.2, -0.15) is 4.31 Å². The maximum Gasteiger partial charge on any atom is 0.257 e. The van der Waals surface area contributed by atoms with Crippen LogP contribution in [0.2, 0.25) is 0 Å². The molecule has 1 aliphatic rings. The highest BCUT2D eigenvalue weighted by Gasteiger charge is 2.40. The molecule has 0 saturated carbocycles. The Morgan fingerprint density at radius 2 is 1.80 bits per heavy atom. The SMILES string of the molecule is CC[C@@H]1CN(Cc2cc([C@@H](c3ccc4c(nnn4CC)c3C)C(C)(C)N(C)C(=O)c3cncnc3)ccc2C)S(=O)(=O)c2ccccc2O1. The molecule has 0 N–H and O–H groups in total. The lowest BCUT2D eigenvalue weighted by molar-refractivity contribution is 0.0595. The zero-order valence-corrected chi connectivity index (χ0v) is 29.9. The number of para-hydroxylation sites is 1. The molecule has 1 amide bonds. The van der Waals surface area contributed by atoms with Crippen molar-refractivity contribution in [2.75, 3.05) is 13.6 Å². The fourth-order valence-electron chi connectivity index (χ4n) is 6.79. The van der Waals surface area contributed by atoms with E-state index < -0.39 is 15.6 Å². The van der Waals surface area contributed by atoms with Crippen molar-refractivity contribution in [1.82, 2.24) is 34.2 Å². The van der Waals surface area contributed by atoms with E-state index in [0.717, 1.165) is 38.9 Å². The van der Waals surface area contributed by atoms with Crippen LogP contribution in [0.3, 0.4) is 0 Å². The molecule has 0 spiro atoms. The number of fused-ring (bicyclic) bond motifs is 2. The van der Waals surface area contributed by atoms with Crippen molar-refractivity contribution in [3.63, 3.8) is 0 Å². The van der Waals surface area contributed by atoms with Crippen LogP contribution in [0, 0.1) is 13.8 Å². The smallest absolute Gasteiger partial charge is 0.257 e. The molecule has 6 rings (SSSR count). The van der Waals surface area contributed by atoms with Crippen LogP contribution in [0.15, 0.2) is 78.2 Å². The van der Waals surface area contributed by atoms with E-state index >= 15 is 0 Å². The molecule has 12 heteroatoms. The highest BCUT2D eigenvalue weighted by atomic mass is 32.2. The largest absolute Gasteiger partial charge is 0.488 e. The molecule has 2 aromatic heterocycles. The van der Waals surface area contributed by atoms with Gasteiger partial charge in [0.05, 0.1) is 17.6 Å². The number of hydrogen-bond donors (Lipinski definition) is 0. The van der Waals surface area contributed by atoms with Gasteiger partial charge in [-0.3, -0.25) is 4.79 Å². The number of benzene rings is 3. The summed E-state index contributed by atoms with van der Waals surface area (Å²) in [5, 5.41) is 8.90. The van der Waals surface area contributed by atoms with E-state index in [1.165, 1.54) is 23.0 Å². The topological polar surface area (TPSA) is 123 Å². The molecule has 0 aliphatic carbocycles. The van der Waals surface area contributed by atoms with Gasteiger partial charge in [0.25, 0.3) is 5.91 Å². The van der Waals surface area contributed by atoms with Crippen LogP contribution < -0.4 is 4.74 Å². The first kappa shape index (κ1) is 34.2. The number of aryl methyl sites for hydroxylation is 3. The predicted molar refractivity (Wildman–Crippen MR) is 188 cm³/mol. The molecular formula is C37H43N7O4S. The first-order chi connectivity index (χ1) is 23.4. The van der Waals surface area contributed by atoms with Crippen molar-refractivity contribution >= 4 is 27.0 Å². The normalized spacial score (nSPS) is 16.8. The number of ether oxygens (including phenoxy) is 1. The summed E-state index contributed by atoms with van der Waals surface area (Å²) in [5.41, 5.74) is 6.09. The molecule has 49 heavy (non-hydrogen) atoms. The monoisotopic (exact) mass is 681 g/mol. The van der Waals surface area contributed by atoms with Gasteiger partial charge in [-0.1, -0.05) is 48.5 Å². The number of sulfonamides is 1. The van der Waals surface area contributed by atoms with Gasteiger partial charge in [0.2, 0.25) is 10.0 Å². The lowest BCUT2D eigenvalue weighted by atomic mass is 9.74. The van der Waals surface area contributed by atoms with Gasteiger partial charge in [-0.15, -0.1) is 5.10 Å². The fraction of sp³-hybridized carbons (Fsp3) is 0.378. The summed E-state index contributed by atoms with van der Waals surface area (Å²) in [4.78, 5) is 23.9. The highest BCUT2D eigenvalue weighted by Crippen LogP contribution is 2.42. The summed E-state index contributed by atoms with van der Waals surface area (Å²) in [5.74, 6) is -0.167. The number of hydrogen-bond acceptors (Lipinski definition) is 8. The van der Waals surface area contributed by atoms with Gasteiger partial charge in [0.15, 0.2) is 0 Å². The number of carbonyl (C=O) groups excluding carboxylic acids is 1. The van der Waals surface area contributed by atoms with Gasteiger partial charge in [0, 0.05) is 44.0 Å². The average molecular weight is 682 g/mol. The summed E-state index contributed by atoms with van der Waals surface area (Å²) in [6, 6.07) is 17.2. The number of amides is 1. The Labute approximate surface area is 288 Å². The molecule has 0 fully saturated rings. The minimum absolute atomic E-state index is 0.169. The van der Waals surface area contributed by atoms with Crippen LogP contribution in [0.25, 0.3) is 11.0 Å². The quantitative estimate of drug-likeness (QED) is 0.188. The van der Waals surface area contributed by atoms with Crippen LogP contribution in [-0.4, -0.2) is 73.7 Å². The maximum absolute atomic E-state index is 14.1. The lowest BCUT2D eigenvalue weighted by Gasteiger charge is -2.43. The molecule has 256 valence electrons. The van der Waals surface area contributed by atoms with Crippen molar-refractivity contribution in [2.24, 2.45) is 0 Å². The second-order valence-electron chi connectivity index (χ2n) is 13.2. The van der Waals surface area contributed by atoms with Crippen LogP contribution in [0.5, 0.6) is 5.75 Å². The van der Waals surface area contributed by atoms with Gasteiger partial charge in [0.1, 0.15) is 28.6 Å². The van der Waals surface area contributed by atoms with E-state index in [1.807, 2.05) is 58.4 Å². The number of rotatable bonds is 9.